The molecule has 150 valence electrons. The molecule has 2 aromatic carbocycles. The van der Waals surface area contributed by atoms with Crippen LogP contribution in [-0.2, 0) is 9.59 Å². The van der Waals surface area contributed by atoms with Gasteiger partial charge in [-0.1, -0.05) is 35.9 Å². The molecular weight excluding hydrogens is 390 g/mol. The van der Waals surface area contributed by atoms with Crippen LogP contribution in [0.2, 0.25) is 5.02 Å². The normalized spacial score (nSPS) is 15.8. The molecule has 1 saturated heterocycles. The second-order valence-corrected chi connectivity index (χ2v) is 7.46. The number of hydrogen-bond donors (Lipinski definition) is 1. The van der Waals surface area contributed by atoms with Crippen LogP contribution in [0, 0.1) is 0 Å². The van der Waals surface area contributed by atoms with E-state index in [0.717, 1.165) is 30.1 Å². The Morgan fingerprint density at radius 2 is 1.83 bits per heavy atom. The van der Waals surface area contributed by atoms with Crippen LogP contribution in [0.5, 0.6) is 5.75 Å². The summed E-state index contributed by atoms with van der Waals surface area (Å²) in [5.74, 6) is 0.407. The van der Waals surface area contributed by atoms with Crippen molar-refractivity contribution in [3.63, 3.8) is 0 Å². The molecule has 2 aliphatic heterocycles. The van der Waals surface area contributed by atoms with Gasteiger partial charge >= 0.3 is 0 Å². The van der Waals surface area contributed by atoms with Crippen LogP contribution in [0.25, 0.3) is 6.08 Å². The number of anilines is 1. The minimum atomic E-state index is -0.273. The maximum atomic E-state index is 12.5. The molecule has 0 spiro atoms. The number of rotatable bonds is 4. The zero-order chi connectivity index (χ0) is 20.2. The number of nitrogens with one attached hydrogen (secondary N) is 1. The summed E-state index contributed by atoms with van der Waals surface area (Å²) < 4.78 is 5.60. The number of ether oxygens (including phenoxy) is 1. The van der Waals surface area contributed by atoms with E-state index in [4.69, 9.17) is 16.3 Å². The van der Waals surface area contributed by atoms with Gasteiger partial charge in [-0.2, -0.15) is 0 Å². The molecule has 29 heavy (non-hydrogen) atoms. The molecule has 0 aliphatic carbocycles. The van der Waals surface area contributed by atoms with Gasteiger partial charge < -0.3 is 19.9 Å². The standard InChI is InChI=1S/C22H22ClN3O3/c23-18-5-3-6-19(13-18)25-8-10-26(11-9-25)21(27)14-24-22(28)17-12-16-4-1-2-7-20(16)29-15-17/h1-7,12-13H,8-11,14-15H2,(H,24,28). The maximum Gasteiger partial charge on any atom is 0.251 e. The molecule has 2 amide bonds. The summed E-state index contributed by atoms with van der Waals surface area (Å²) >= 11 is 6.06. The first-order valence-electron chi connectivity index (χ1n) is 9.59. The Labute approximate surface area is 174 Å². The lowest BCUT2D eigenvalue weighted by molar-refractivity contribution is -0.132. The van der Waals surface area contributed by atoms with E-state index in [-0.39, 0.29) is 25.0 Å². The zero-order valence-corrected chi connectivity index (χ0v) is 16.7. The quantitative estimate of drug-likeness (QED) is 0.840. The van der Waals surface area contributed by atoms with Crippen molar-refractivity contribution in [3.8, 4) is 5.75 Å². The van der Waals surface area contributed by atoms with Crippen molar-refractivity contribution in [3.05, 3.63) is 64.7 Å². The molecular formula is C22H22ClN3O3. The first kappa shape index (κ1) is 19.3. The molecule has 2 aliphatic rings. The van der Waals surface area contributed by atoms with Crippen molar-refractivity contribution in [1.82, 2.24) is 10.2 Å². The van der Waals surface area contributed by atoms with E-state index in [0.29, 0.717) is 23.7 Å². The number of piperazine rings is 1. The van der Waals surface area contributed by atoms with Crippen LogP contribution < -0.4 is 15.0 Å². The van der Waals surface area contributed by atoms with Crippen LogP contribution in [0.15, 0.2) is 54.1 Å². The number of halogens is 1. The van der Waals surface area contributed by atoms with Crippen LogP contribution in [0.1, 0.15) is 5.56 Å². The van der Waals surface area contributed by atoms with Gasteiger partial charge in [-0.25, -0.2) is 0 Å². The summed E-state index contributed by atoms with van der Waals surface area (Å²) in [5.41, 5.74) is 2.44. The Kier molecular flexibility index (Phi) is 5.71. The third kappa shape index (κ3) is 4.54. The minimum Gasteiger partial charge on any atom is -0.488 e. The third-order valence-corrected chi connectivity index (χ3v) is 5.36. The number of fused-ring (bicyclic) bond motifs is 1. The number of amides is 2. The predicted octanol–water partition coefficient (Wildman–Crippen LogP) is 2.58. The van der Waals surface area contributed by atoms with Crippen LogP contribution in [-0.4, -0.2) is 56.0 Å². The molecule has 7 heteroatoms. The van der Waals surface area contributed by atoms with Crippen LogP contribution in [0.4, 0.5) is 5.69 Å². The smallest absolute Gasteiger partial charge is 0.251 e. The third-order valence-electron chi connectivity index (χ3n) is 5.13. The number of benzene rings is 2. The minimum absolute atomic E-state index is 0.0189. The van der Waals surface area contributed by atoms with Crippen molar-refractivity contribution in [2.24, 2.45) is 0 Å². The molecule has 1 fully saturated rings. The lowest BCUT2D eigenvalue weighted by atomic mass is 10.1. The second kappa shape index (κ2) is 8.57. The first-order chi connectivity index (χ1) is 14.1. The van der Waals surface area contributed by atoms with Crippen molar-refractivity contribution in [2.75, 3.05) is 44.2 Å². The van der Waals surface area contributed by atoms with E-state index < -0.39 is 0 Å². The summed E-state index contributed by atoms with van der Waals surface area (Å²) in [7, 11) is 0. The summed E-state index contributed by atoms with van der Waals surface area (Å²) in [5, 5.41) is 3.42. The van der Waals surface area contributed by atoms with Gasteiger partial charge in [0.05, 0.1) is 12.1 Å². The first-order valence-corrected chi connectivity index (χ1v) is 9.97. The highest BCUT2D eigenvalue weighted by atomic mass is 35.5. The Balaban J connectivity index is 1.27. The summed E-state index contributed by atoms with van der Waals surface area (Å²) in [6.45, 7) is 2.87. The van der Waals surface area contributed by atoms with Crippen molar-refractivity contribution >= 4 is 35.2 Å². The van der Waals surface area contributed by atoms with E-state index in [1.807, 2.05) is 54.6 Å². The van der Waals surface area contributed by atoms with Crippen molar-refractivity contribution in [2.45, 2.75) is 0 Å². The molecule has 1 N–H and O–H groups in total. The van der Waals surface area contributed by atoms with Gasteiger partial charge in [-0.05, 0) is 30.3 Å². The van der Waals surface area contributed by atoms with Gasteiger partial charge in [0, 0.05) is 42.5 Å². The average Bonchev–Trinajstić information content (AvgIpc) is 2.77. The number of carbonyl (C=O) groups excluding carboxylic acids is 2. The van der Waals surface area contributed by atoms with Crippen molar-refractivity contribution in [1.29, 1.82) is 0 Å². The molecule has 0 aromatic heterocycles. The number of nitrogens with zero attached hydrogens (tertiary/aromatic N) is 2. The lowest BCUT2D eigenvalue weighted by Crippen LogP contribution is -2.51. The molecule has 0 atom stereocenters. The Bertz CT molecular complexity index is 952. The molecule has 0 radical (unpaired) electrons. The van der Waals surface area contributed by atoms with E-state index in [9.17, 15) is 9.59 Å². The Morgan fingerprint density at radius 3 is 2.62 bits per heavy atom. The summed E-state index contributed by atoms with van der Waals surface area (Å²) in [4.78, 5) is 28.9. The molecule has 2 aromatic rings. The van der Waals surface area contributed by atoms with Crippen LogP contribution >= 0.6 is 11.6 Å². The fourth-order valence-corrected chi connectivity index (χ4v) is 3.70. The number of hydrogen-bond acceptors (Lipinski definition) is 4. The number of para-hydroxylation sites is 1. The van der Waals surface area contributed by atoms with E-state index in [2.05, 4.69) is 10.2 Å². The lowest BCUT2D eigenvalue weighted by Gasteiger charge is -2.36. The predicted molar refractivity (Wildman–Crippen MR) is 113 cm³/mol. The second-order valence-electron chi connectivity index (χ2n) is 7.03. The van der Waals surface area contributed by atoms with E-state index in [1.54, 1.807) is 4.90 Å². The zero-order valence-electron chi connectivity index (χ0n) is 15.9. The van der Waals surface area contributed by atoms with Crippen LogP contribution in [0.3, 0.4) is 0 Å². The monoisotopic (exact) mass is 411 g/mol. The summed E-state index contributed by atoms with van der Waals surface area (Å²) in [6, 6.07) is 15.3. The highest BCUT2D eigenvalue weighted by molar-refractivity contribution is 6.30. The average molecular weight is 412 g/mol. The highest BCUT2D eigenvalue weighted by Crippen LogP contribution is 2.25. The fraction of sp³-hybridized carbons (Fsp3) is 0.273. The molecule has 0 bridgehead atoms. The van der Waals surface area contributed by atoms with Gasteiger partial charge in [-0.3, -0.25) is 9.59 Å². The Morgan fingerprint density at radius 1 is 1.03 bits per heavy atom. The topological polar surface area (TPSA) is 61.9 Å². The van der Waals surface area contributed by atoms with Gasteiger partial charge in [0.25, 0.3) is 5.91 Å². The van der Waals surface area contributed by atoms with Gasteiger partial charge in [0.15, 0.2) is 0 Å². The van der Waals surface area contributed by atoms with Gasteiger partial charge in [0.2, 0.25) is 5.91 Å². The highest BCUT2D eigenvalue weighted by Gasteiger charge is 2.23. The summed E-state index contributed by atoms with van der Waals surface area (Å²) in [6.07, 6.45) is 1.81. The van der Waals surface area contributed by atoms with E-state index >= 15 is 0 Å². The fourth-order valence-electron chi connectivity index (χ4n) is 3.52. The number of carbonyl (C=O) groups is 2. The van der Waals surface area contributed by atoms with Gasteiger partial charge in [-0.15, -0.1) is 0 Å². The molecule has 0 unspecified atom stereocenters. The molecule has 2 heterocycles. The molecule has 6 nitrogen and oxygen atoms in total. The Hall–Kier alpha value is -2.99. The molecule has 4 rings (SSSR count). The van der Waals surface area contributed by atoms with Gasteiger partial charge in [0.1, 0.15) is 12.4 Å². The van der Waals surface area contributed by atoms with Crippen molar-refractivity contribution < 1.29 is 14.3 Å². The maximum absolute atomic E-state index is 12.5. The SMILES string of the molecule is O=C(NCC(=O)N1CCN(c2cccc(Cl)c2)CC1)C1=Cc2ccccc2OC1. The van der Waals surface area contributed by atoms with E-state index in [1.165, 1.54) is 0 Å². The largest absolute Gasteiger partial charge is 0.488 e. The molecule has 0 saturated carbocycles.